The van der Waals surface area contributed by atoms with E-state index in [0.29, 0.717) is 0 Å². The van der Waals surface area contributed by atoms with Crippen molar-refractivity contribution in [2.75, 3.05) is 4.90 Å². The van der Waals surface area contributed by atoms with Crippen LogP contribution in [0.2, 0.25) is 0 Å². The normalized spacial score (nSPS) is 11.5. The Kier molecular flexibility index (Phi) is 6.40. The molecule has 0 atom stereocenters. The molecule has 1 nitrogen and oxygen atoms in total. The second-order valence-corrected chi connectivity index (χ2v) is 12.8. The molecule has 0 spiro atoms. The second-order valence-electron chi connectivity index (χ2n) is 11.8. The molecule has 2 heteroatoms. The van der Waals surface area contributed by atoms with E-state index in [1.807, 2.05) is 11.3 Å². The predicted octanol–water partition coefficient (Wildman–Crippen LogP) is 13.2. The Balaban J connectivity index is 1.26. The molecule has 0 amide bonds. The van der Waals surface area contributed by atoms with E-state index in [2.05, 4.69) is 181 Å². The largest absolute Gasteiger partial charge is 0.310 e. The van der Waals surface area contributed by atoms with Crippen LogP contribution in [0.1, 0.15) is 0 Å². The molecular formula is C44H29NS. The number of rotatable bonds is 5. The summed E-state index contributed by atoms with van der Waals surface area (Å²) in [5.74, 6) is 0. The van der Waals surface area contributed by atoms with Gasteiger partial charge in [-0.2, -0.15) is 0 Å². The summed E-state index contributed by atoms with van der Waals surface area (Å²) in [5.41, 5.74) is 8.27. The monoisotopic (exact) mass is 603 g/mol. The highest BCUT2D eigenvalue weighted by Crippen LogP contribution is 2.45. The molecule has 216 valence electrons. The third-order valence-corrected chi connectivity index (χ3v) is 10.2. The Morgan fingerprint density at radius 1 is 0.370 bits per heavy atom. The zero-order valence-corrected chi connectivity index (χ0v) is 25.9. The van der Waals surface area contributed by atoms with Crippen LogP contribution in [-0.4, -0.2) is 0 Å². The Morgan fingerprint density at radius 3 is 1.85 bits per heavy atom. The average Bonchev–Trinajstić information content (AvgIpc) is 3.51. The lowest BCUT2D eigenvalue weighted by atomic mass is 9.98. The average molecular weight is 604 g/mol. The van der Waals surface area contributed by atoms with Gasteiger partial charge in [-0.25, -0.2) is 0 Å². The summed E-state index contributed by atoms with van der Waals surface area (Å²) in [6.45, 7) is 0. The van der Waals surface area contributed by atoms with Gasteiger partial charge in [-0.1, -0.05) is 133 Å². The van der Waals surface area contributed by atoms with Gasteiger partial charge < -0.3 is 4.90 Å². The van der Waals surface area contributed by atoms with Gasteiger partial charge in [0.2, 0.25) is 0 Å². The lowest BCUT2D eigenvalue weighted by molar-refractivity contribution is 1.29. The molecule has 0 N–H and O–H groups in total. The molecule has 0 unspecified atom stereocenters. The molecule has 9 rings (SSSR count). The quantitative estimate of drug-likeness (QED) is 0.189. The maximum Gasteiger partial charge on any atom is 0.0540 e. The van der Waals surface area contributed by atoms with E-state index in [4.69, 9.17) is 0 Å². The van der Waals surface area contributed by atoms with E-state index in [0.717, 1.165) is 17.1 Å². The minimum absolute atomic E-state index is 1.12. The van der Waals surface area contributed by atoms with Gasteiger partial charge in [0.05, 0.1) is 5.69 Å². The van der Waals surface area contributed by atoms with Crippen molar-refractivity contribution in [2.45, 2.75) is 0 Å². The first-order valence-electron chi connectivity index (χ1n) is 15.7. The van der Waals surface area contributed by atoms with E-state index in [-0.39, 0.29) is 0 Å². The molecule has 46 heavy (non-hydrogen) atoms. The van der Waals surface area contributed by atoms with Gasteiger partial charge in [0.15, 0.2) is 0 Å². The van der Waals surface area contributed by atoms with Crippen LogP contribution in [0.15, 0.2) is 176 Å². The summed E-state index contributed by atoms with van der Waals surface area (Å²) in [7, 11) is 0. The van der Waals surface area contributed by atoms with Crippen LogP contribution in [-0.2, 0) is 0 Å². The van der Waals surface area contributed by atoms with Gasteiger partial charge in [-0.3, -0.25) is 0 Å². The van der Waals surface area contributed by atoms with Crippen molar-refractivity contribution in [1.29, 1.82) is 0 Å². The van der Waals surface area contributed by atoms with Crippen LogP contribution in [0.25, 0.3) is 64.0 Å². The van der Waals surface area contributed by atoms with Crippen molar-refractivity contribution in [3.63, 3.8) is 0 Å². The summed E-state index contributed by atoms with van der Waals surface area (Å²) in [4.78, 5) is 2.42. The van der Waals surface area contributed by atoms with E-state index >= 15 is 0 Å². The molecule has 0 aliphatic carbocycles. The van der Waals surface area contributed by atoms with Gasteiger partial charge in [-0.05, 0) is 80.7 Å². The predicted molar refractivity (Wildman–Crippen MR) is 200 cm³/mol. The number of anilines is 3. The van der Waals surface area contributed by atoms with E-state index in [1.54, 1.807) is 0 Å². The molecule has 1 aromatic heterocycles. The summed E-state index contributed by atoms with van der Waals surface area (Å²) in [6.07, 6.45) is 0. The molecule has 0 fully saturated rings. The molecule has 8 aromatic carbocycles. The van der Waals surface area contributed by atoms with Crippen LogP contribution >= 0.6 is 11.3 Å². The molecule has 0 bridgehead atoms. The minimum Gasteiger partial charge on any atom is -0.310 e. The fourth-order valence-electron chi connectivity index (χ4n) is 6.80. The summed E-state index contributed by atoms with van der Waals surface area (Å²) in [5, 5.41) is 7.58. The van der Waals surface area contributed by atoms with Gasteiger partial charge in [0.25, 0.3) is 0 Å². The Bertz CT molecular complexity index is 2560. The molecule has 0 radical (unpaired) electrons. The maximum atomic E-state index is 2.42. The Morgan fingerprint density at radius 2 is 0.978 bits per heavy atom. The second kappa shape index (κ2) is 11.0. The van der Waals surface area contributed by atoms with Crippen molar-refractivity contribution in [2.24, 2.45) is 0 Å². The van der Waals surface area contributed by atoms with Crippen molar-refractivity contribution in [3.8, 4) is 22.3 Å². The number of benzene rings is 8. The summed E-state index contributed by atoms with van der Waals surface area (Å²) >= 11 is 1.88. The molecule has 1 heterocycles. The van der Waals surface area contributed by atoms with Crippen LogP contribution < -0.4 is 4.90 Å². The molecule has 0 aliphatic rings. The number of nitrogens with zero attached hydrogens (tertiary/aromatic N) is 1. The summed E-state index contributed by atoms with van der Waals surface area (Å²) in [6, 6.07) is 64.0. The minimum atomic E-state index is 1.12. The van der Waals surface area contributed by atoms with Crippen LogP contribution in [0.5, 0.6) is 0 Å². The van der Waals surface area contributed by atoms with Gasteiger partial charge in [0.1, 0.15) is 0 Å². The first-order valence-corrected chi connectivity index (χ1v) is 16.5. The number of para-hydroxylation sites is 1. The molecule has 0 saturated heterocycles. The first kappa shape index (κ1) is 26.7. The van der Waals surface area contributed by atoms with Crippen LogP contribution in [0.4, 0.5) is 17.1 Å². The Labute approximate surface area is 272 Å². The van der Waals surface area contributed by atoms with Crippen molar-refractivity contribution >= 4 is 70.1 Å². The maximum absolute atomic E-state index is 2.42. The lowest BCUT2D eigenvalue weighted by Gasteiger charge is -2.28. The number of hydrogen-bond acceptors (Lipinski definition) is 2. The highest BCUT2D eigenvalue weighted by atomic mass is 32.1. The van der Waals surface area contributed by atoms with E-state index in [1.165, 1.54) is 64.0 Å². The van der Waals surface area contributed by atoms with Crippen LogP contribution in [0, 0.1) is 0 Å². The SMILES string of the molecule is c1cc(-c2cccc3c2sc2ccccc23)cc(N(c2ccc3ccccc3c2)c2ccccc2-c2ccc3ccccc3c2)c1. The van der Waals surface area contributed by atoms with Gasteiger partial charge >= 0.3 is 0 Å². The standard InChI is InChI=1S/C44H29NS/c1-3-13-32-27-35(24-23-30(32)11-1)38-17-5-7-21-42(38)45(37-26-25-31-12-2-4-14-33(31)28-37)36-16-9-15-34(29-36)39-19-10-20-41-40-18-6-8-22-43(40)46-44(39)41/h1-29H. The van der Waals surface area contributed by atoms with Crippen molar-refractivity contribution in [3.05, 3.63) is 176 Å². The number of thiophene rings is 1. The third-order valence-electron chi connectivity index (χ3n) is 9.02. The van der Waals surface area contributed by atoms with E-state index < -0.39 is 0 Å². The van der Waals surface area contributed by atoms with Crippen molar-refractivity contribution in [1.82, 2.24) is 0 Å². The molecule has 0 aliphatic heterocycles. The fraction of sp³-hybridized carbons (Fsp3) is 0. The smallest absolute Gasteiger partial charge is 0.0540 e. The first-order chi connectivity index (χ1) is 22.8. The number of hydrogen-bond donors (Lipinski definition) is 0. The zero-order valence-electron chi connectivity index (χ0n) is 25.1. The van der Waals surface area contributed by atoms with Gasteiger partial charge in [0, 0.05) is 37.1 Å². The fourth-order valence-corrected chi connectivity index (χ4v) is 8.04. The number of fused-ring (bicyclic) bond motifs is 5. The van der Waals surface area contributed by atoms with Crippen LogP contribution in [0.3, 0.4) is 0 Å². The summed E-state index contributed by atoms with van der Waals surface area (Å²) < 4.78 is 2.65. The van der Waals surface area contributed by atoms with Crippen molar-refractivity contribution < 1.29 is 0 Å². The third kappa shape index (κ3) is 4.54. The Hall–Kier alpha value is -5.70. The van der Waals surface area contributed by atoms with E-state index in [9.17, 15) is 0 Å². The zero-order chi connectivity index (χ0) is 30.5. The lowest BCUT2D eigenvalue weighted by Crippen LogP contribution is -2.11. The highest BCUT2D eigenvalue weighted by Gasteiger charge is 2.19. The molecular weight excluding hydrogens is 575 g/mol. The topological polar surface area (TPSA) is 3.24 Å². The van der Waals surface area contributed by atoms with Gasteiger partial charge in [-0.15, -0.1) is 11.3 Å². The highest BCUT2D eigenvalue weighted by molar-refractivity contribution is 7.26. The molecule has 0 saturated carbocycles. The molecule has 9 aromatic rings.